The Hall–Kier alpha value is -1.98. The molecule has 11 heteroatoms. The molecule has 2 fully saturated rings. The number of halogens is 1. The van der Waals surface area contributed by atoms with Gasteiger partial charge in [-0.15, -0.1) is 0 Å². The molecule has 0 radical (unpaired) electrons. The highest BCUT2D eigenvalue weighted by atomic mass is 35.5. The van der Waals surface area contributed by atoms with E-state index >= 15 is 0 Å². The van der Waals surface area contributed by atoms with Gasteiger partial charge in [0.1, 0.15) is 11.1 Å². The SMILES string of the molecule is O=S(=O)(NC1CCOCC1)c1ccc(Nc2ncc(Cl)c(O[C@H]3CCC[C@H]3O)n2)cc1. The van der Waals surface area contributed by atoms with Crippen molar-refractivity contribution in [3.63, 3.8) is 0 Å². The molecule has 0 spiro atoms. The first-order chi connectivity index (χ1) is 14.9. The average Bonchev–Trinajstić information content (AvgIpc) is 3.16. The van der Waals surface area contributed by atoms with Gasteiger partial charge in [-0.05, 0) is 56.4 Å². The smallest absolute Gasteiger partial charge is 0.240 e. The van der Waals surface area contributed by atoms with Crippen molar-refractivity contribution in [2.75, 3.05) is 18.5 Å². The highest BCUT2D eigenvalue weighted by Gasteiger charge is 2.28. The quantitative estimate of drug-likeness (QED) is 0.566. The molecule has 31 heavy (non-hydrogen) atoms. The Morgan fingerprint density at radius 1 is 1.13 bits per heavy atom. The van der Waals surface area contributed by atoms with E-state index in [4.69, 9.17) is 21.1 Å². The van der Waals surface area contributed by atoms with Gasteiger partial charge in [-0.25, -0.2) is 18.1 Å². The third kappa shape index (κ3) is 5.64. The van der Waals surface area contributed by atoms with E-state index in [-0.39, 0.29) is 33.9 Å². The van der Waals surface area contributed by atoms with Crippen molar-refractivity contribution in [1.82, 2.24) is 14.7 Å². The van der Waals surface area contributed by atoms with E-state index in [2.05, 4.69) is 20.0 Å². The monoisotopic (exact) mass is 468 g/mol. The lowest BCUT2D eigenvalue weighted by Crippen LogP contribution is -2.38. The number of sulfonamides is 1. The lowest BCUT2D eigenvalue weighted by molar-refractivity contribution is 0.0575. The summed E-state index contributed by atoms with van der Waals surface area (Å²) in [7, 11) is -3.61. The Kier molecular flexibility index (Phi) is 6.92. The van der Waals surface area contributed by atoms with Gasteiger partial charge in [0.15, 0.2) is 0 Å². The minimum atomic E-state index is -3.61. The van der Waals surface area contributed by atoms with Gasteiger partial charge in [-0.1, -0.05) is 11.6 Å². The Morgan fingerprint density at radius 3 is 2.55 bits per heavy atom. The number of nitrogens with one attached hydrogen (secondary N) is 2. The second-order valence-corrected chi connectivity index (χ2v) is 9.78. The molecule has 0 bridgehead atoms. The summed E-state index contributed by atoms with van der Waals surface area (Å²) in [6, 6.07) is 6.20. The normalized spacial score (nSPS) is 22.4. The minimum Gasteiger partial charge on any atom is -0.470 e. The molecule has 2 atom stereocenters. The first-order valence-electron chi connectivity index (χ1n) is 10.3. The molecular weight excluding hydrogens is 444 g/mol. The van der Waals surface area contributed by atoms with Gasteiger partial charge < -0.3 is 19.9 Å². The third-order valence-corrected chi connectivity index (χ3v) is 7.15. The van der Waals surface area contributed by atoms with Crippen LogP contribution < -0.4 is 14.8 Å². The van der Waals surface area contributed by atoms with Gasteiger partial charge in [0.2, 0.25) is 21.9 Å². The van der Waals surface area contributed by atoms with Crippen LogP contribution in [0.4, 0.5) is 11.6 Å². The highest BCUT2D eigenvalue weighted by Crippen LogP contribution is 2.29. The van der Waals surface area contributed by atoms with E-state index in [0.717, 1.165) is 12.8 Å². The van der Waals surface area contributed by atoms with Crippen molar-refractivity contribution in [2.45, 2.75) is 55.2 Å². The van der Waals surface area contributed by atoms with Crippen LogP contribution in [0, 0.1) is 0 Å². The summed E-state index contributed by atoms with van der Waals surface area (Å²) < 4.78 is 38.9. The van der Waals surface area contributed by atoms with E-state index in [1.807, 2.05) is 0 Å². The molecule has 2 heterocycles. The second kappa shape index (κ2) is 9.66. The van der Waals surface area contributed by atoms with Gasteiger partial charge in [-0.3, -0.25) is 0 Å². The first-order valence-corrected chi connectivity index (χ1v) is 12.1. The standard InChI is InChI=1S/C20H25ClN4O5S/c21-16-12-22-20(24-19(16)30-18-3-1-2-17(18)26)23-13-4-6-15(7-5-13)31(27,28)25-14-8-10-29-11-9-14/h4-7,12,14,17-18,25-26H,1-3,8-11H2,(H,22,23,24)/t17-,18+/m1/s1. The lowest BCUT2D eigenvalue weighted by Gasteiger charge is -2.23. The second-order valence-electron chi connectivity index (χ2n) is 7.66. The number of benzene rings is 1. The van der Waals surface area contributed by atoms with Gasteiger partial charge >= 0.3 is 0 Å². The molecular formula is C20H25ClN4O5S. The van der Waals surface area contributed by atoms with E-state index in [9.17, 15) is 13.5 Å². The zero-order valence-electron chi connectivity index (χ0n) is 16.8. The maximum Gasteiger partial charge on any atom is 0.240 e. The summed E-state index contributed by atoms with van der Waals surface area (Å²) in [6.45, 7) is 1.12. The van der Waals surface area contributed by atoms with Crippen molar-refractivity contribution in [2.24, 2.45) is 0 Å². The van der Waals surface area contributed by atoms with Gasteiger partial charge in [0.05, 0.1) is 17.2 Å². The van der Waals surface area contributed by atoms with Crippen LogP contribution in [-0.2, 0) is 14.8 Å². The van der Waals surface area contributed by atoms with Gasteiger partial charge in [0, 0.05) is 24.9 Å². The molecule has 1 aliphatic carbocycles. The number of rotatable bonds is 7. The average molecular weight is 469 g/mol. The van der Waals surface area contributed by atoms with E-state index < -0.39 is 16.1 Å². The number of aliphatic hydroxyl groups is 1. The van der Waals surface area contributed by atoms with Crippen molar-refractivity contribution in [3.05, 3.63) is 35.5 Å². The van der Waals surface area contributed by atoms with Crippen LogP contribution in [0.15, 0.2) is 35.4 Å². The van der Waals surface area contributed by atoms with Crippen molar-refractivity contribution in [1.29, 1.82) is 0 Å². The fourth-order valence-electron chi connectivity index (χ4n) is 3.63. The van der Waals surface area contributed by atoms with E-state index in [0.29, 0.717) is 38.2 Å². The Balaban J connectivity index is 1.42. The molecule has 2 aliphatic rings. The topological polar surface area (TPSA) is 123 Å². The van der Waals surface area contributed by atoms with E-state index in [1.165, 1.54) is 18.3 Å². The third-order valence-electron chi connectivity index (χ3n) is 5.36. The molecule has 1 aromatic carbocycles. The molecule has 9 nitrogen and oxygen atoms in total. The molecule has 0 amide bonds. The van der Waals surface area contributed by atoms with Crippen LogP contribution in [0.1, 0.15) is 32.1 Å². The fraction of sp³-hybridized carbons (Fsp3) is 0.500. The number of aliphatic hydroxyl groups excluding tert-OH is 1. The Morgan fingerprint density at radius 2 is 1.87 bits per heavy atom. The molecule has 1 saturated carbocycles. The molecule has 0 unspecified atom stereocenters. The fourth-order valence-corrected chi connectivity index (χ4v) is 5.07. The van der Waals surface area contributed by atoms with Crippen LogP contribution in [0.5, 0.6) is 5.88 Å². The van der Waals surface area contributed by atoms with Gasteiger partial charge in [-0.2, -0.15) is 4.98 Å². The molecule has 1 saturated heterocycles. The molecule has 4 rings (SSSR count). The number of hydrogen-bond acceptors (Lipinski definition) is 8. The number of ether oxygens (including phenoxy) is 2. The molecule has 168 valence electrons. The summed E-state index contributed by atoms with van der Waals surface area (Å²) in [5.74, 6) is 0.452. The first kappa shape index (κ1) is 22.2. The van der Waals surface area contributed by atoms with Crippen LogP contribution in [-0.4, -0.2) is 55.0 Å². The molecule has 1 aromatic heterocycles. The maximum atomic E-state index is 12.6. The minimum absolute atomic E-state index is 0.115. The van der Waals surface area contributed by atoms with Gasteiger partial charge in [0.25, 0.3) is 0 Å². The van der Waals surface area contributed by atoms with Crippen molar-refractivity contribution in [3.8, 4) is 5.88 Å². The predicted molar refractivity (Wildman–Crippen MR) is 115 cm³/mol. The van der Waals surface area contributed by atoms with Crippen molar-refractivity contribution < 1.29 is 23.0 Å². The largest absolute Gasteiger partial charge is 0.470 e. The summed E-state index contributed by atoms with van der Waals surface area (Å²) >= 11 is 6.14. The summed E-state index contributed by atoms with van der Waals surface area (Å²) in [4.78, 5) is 8.60. The Bertz CT molecular complexity index is 999. The zero-order valence-corrected chi connectivity index (χ0v) is 18.4. The van der Waals surface area contributed by atoms with Crippen LogP contribution in [0.25, 0.3) is 0 Å². The maximum absolute atomic E-state index is 12.6. The Labute approximate surface area is 186 Å². The summed E-state index contributed by atoms with van der Waals surface area (Å²) in [5.41, 5.74) is 0.610. The van der Waals surface area contributed by atoms with Crippen LogP contribution in [0.2, 0.25) is 5.02 Å². The van der Waals surface area contributed by atoms with Crippen LogP contribution >= 0.6 is 11.6 Å². The molecule has 1 aliphatic heterocycles. The molecule has 2 aromatic rings. The lowest BCUT2D eigenvalue weighted by atomic mass is 10.1. The predicted octanol–water partition coefficient (Wildman–Crippen LogP) is 2.62. The molecule has 3 N–H and O–H groups in total. The number of aromatic nitrogens is 2. The number of hydrogen-bond donors (Lipinski definition) is 3. The number of anilines is 2. The number of nitrogens with zero attached hydrogens (tertiary/aromatic N) is 2. The van der Waals surface area contributed by atoms with E-state index in [1.54, 1.807) is 12.1 Å². The highest BCUT2D eigenvalue weighted by molar-refractivity contribution is 7.89. The summed E-state index contributed by atoms with van der Waals surface area (Å²) in [5, 5.41) is 13.2. The van der Waals surface area contributed by atoms with Crippen LogP contribution in [0.3, 0.4) is 0 Å². The zero-order chi connectivity index (χ0) is 21.8. The summed E-state index contributed by atoms with van der Waals surface area (Å²) in [6.07, 6.45) is 4.19. The van der Waals surface area contributed by atoms with Crippen molar-refractivity contribution >= 4 is 33.3 Å².